The lowest BCUT2D eigenvalue weighted by atomic mass is 10.1. The van der Waals surface area contributed by atoms with E-state index < -0.39 is 6.10 Å². The highest BCUT2D eigenvalue weighted by molar-refractivity contribution is 5.83. The van der Waals surface area contributed by atoms with Gasteiger partial charge in [0.15, 0.2) is 0 Å². The van der Waals surface area contributed by atoms with Crippen LogP contribution in [0.4, 0.5) is 0 Å². The molecular weight excluding hydrogens is 168 g/mol. The molecule has 0 aromatic carbocycles. The van der Waals surface area contributed by atoms with Crippen molar-refractivity contribution < 1.29 is 9.90 Å². The van der Waals surface area contributed by atoms with Crippen LogP contribution in [0.15, 0.2) is 5.10 Å². The second kappa shape index (κ2) is 4.37. The first-order valence-electron chi connectivity index (χ1n) is 4.60. The summed E-state index contributed by atoms with van der Waals surface area (Å²) in [6, 6.07) is 0. The molecule has 1 rings (SSSR count). The standard InChI is InChI=1S/C9H16N2O2/c1-6(2)10-11-9(13)7-4-3-5-8(7)12/h7-8,12H,3-5H2,1-2H3,(H,11,13)/t7-,8+/m0/s1. The molecule has 0 saturated heterocycles. The van der Waals surface area contributed by atoms with Crippen molar-refractivity contribution in [2.75, 3.05) is 0 Å². The summed E-state index contributed by atoms with van der Waals surface area (Å²) in [7, 11) is 0. The molecule has 4 nitrogen and oxygen atoms in total. The van der Waals surface area contributed by atoms with Gasteiger partial charge in [-0.3, -0.25) is 4.79 Å². The predicted octanol–water partition coefficient (Wildman–Crippen LogP) is 0.659. The van der Waals surface area contributed by atoms with Crippen LogP contribution in [0.3, 0.4) is 0 Å². The Kier molecular flexibility index (Phi) is 3.42. The maximum absolute atomic E-state index is 11.4. The van der Waals surface area contributed by atoms with Crippen molar-refractivity contribution in [3.8, 4) is 0 Å². The largest absolute Gasteiger partial charge is 0.392 e. The zero-order valence-corrected chi connectivity index (χ0v) is 8.08. The summed E-state index contributed by atoms with van der Waals surface area (Å²) >= 11 is 0. The van der Waals surface area contributed by atoms with Crippen LogP contribution >= 0.6 is 0 Å². The number of nitrogens with one attached hydrogen (secondary N) is 1. The van der Waals surface area contributed by atoms with Crippen molar-refractivity contribution in [3.63, 3.8) is 0 Å². The number of hydrazone groups is 1. The number of rotatable bonds is 2. The molecule has 0 unspecified atom stereocenters. The molecule has 0 radical (unpaired) electrons. The molecule has 1 aliphatic carbocycles. The summed E-state index contributed by atoms with van der Waals surface area (Å²) in [5.41, 5.74) is 3.25. The van der Waals surface area contributed by atoms with Gasteiger partial charge in [0, 0.05) is 5.71 Å². The number of carbonyl (C=O) groups is 1. The van der Waals surface area contributed by atoms with E-state index in [2.05, 4.69) is 10.5 Å². The fraction of sp³-hybridized carbons (Fsp3) is 0.778. The second-order valence-corrected chi connectivity index (χ2v) is 3.64. The first kappa shape index (κ1) is 10.2. The van der Waals surface area contributed by atoms with E-state index in [0.717, 1.165) is 25.0 Å². The van der Waals surface area contributed by atoms with Crippen LogP contribution in [0, 0.1) is 5.92 Å². The Morgan fingerprint density at radius 1 is 1.46 bits per heavy atom. The summed E-state index contributed by atoms with van der Waals surface area (Å²) < 4.78 is 0. The van der Waals surface area contributed by atoms with Crippen molar-refractivity contribution >= 4 is 11.6 Å². The number of aliphatic hydroxyl groups excluding tert-OH is 1. The van der Waals surface area contributed by atoms with Crippen LogP contribution in [-0.4, -0.2) is 22.8 Å². The van der Waals surface area contributed by atoms with E-state index in [1.165, 1.54) is 0 Å². The number of amides is 1. The normalized spacial score (nSPS) is 27.0. The Labute approximate surface area is 78.0 Å². The summed E-state index contributed by atoms with van der Waals surface area (Å²) in [4.78, 5) is 11.4. The second-order valence-electron chi connectivity index (χ2n) is 3.64. The number of hydrogen-bond acceptors (Lipinski definition) is 3. The minimum absolute atomic E-state index is 0.161. The van der Waals surface area contributed by atoms with Crippen LogP contribution in [0.2, 0.25) is 0 Å². The zero-order valence-electron chi connectivity index (χ0n) is 8.08. The van der Waals surface area contributed by atoms with Crippen LogP contribution < -0.4 is 5.43 Å². The van der Waals surface area contributed by atoms with Crippen LogP contribution in [-0.2, 0) is 4.79 Å². The van der Waals surface area contributed by atoms with Gasteiger partial charge in [0.05, 0.1) is 12.0 Å². The average molecular weight is 184 g/mol. The van der Waals surface area contributed by atoms with Crippen molar-refractivity contribution in [2.45, 2.75) is 39.2 Å². The predicted molar refractivity (Wildman–Crippen MR) is 50.3 cm³/mol. The number of nitrogens with zero attached hydrogens (tertiary/aromatic N) is 1. The molecule has 1 saturated carbocycles. The summed E-state index contributed by atoms with van der Waals surface area (Å²) in [6.45, 7) is 3.62. The average Bonchev–Trinajstić information content (AvgIpc) is 2.47. The molecule has 2 atom stereocenters. The third kappa shape index (κ3) is 2.81. The molecule has 1 fully saturated rings. The molecule has 0 aliphatic heterocycles. The molecule has 74 valence electrons. The Bertz CT molecular complexity index is 222. The van der Waals surface area contributed by atoms with Crippen LogP contribution in [0.1, 0.15) is 33.1 Å². The Morgan fingerprint density at radius 2 is 2.15 bits per heavy atom. The zero-order chi connectivity index (χ0) is 9.84. The molecule has 13 heavy (non-hydrogen) atoms. The smallest absolute Gasteiger partial charge is 0.245 e. The van der Waals surface area contributed by atoms with Gasteiger partial charge >= 0.3 is 0 Å². The highest BCUT2D eigenvalue weighted by atomic mass is 16.3. The summed E-state index contributed by atoms with van der Waals surface area (Å²) in [6.07, 6.45) is 1.94. The van der Waals surface area contributed by atoms with Gasteiger partial charge in [-0.1, -0.05) is 0 Å². The third-order valence-corrected chi connectivity index (χ3v) is 2.21. The van der Waals surface area contributed by atoms with Crippen molar-refractivity contribution in [3.05, 3.63) is 0 Å². The molecule has 4 heteroatoms. The van der Waals surface area contributed by atoms with E-state index in [0.29, 0.717) is 0 Å². The van der Waals surface area contributed by atoms with Gasteiger partial charge in [0.1, 0.15) is 0 Å². The number of carbonyl (C=O) groups excluding carboxylic acids is 1. The molecule has 0 spiro atoms. The van der Waals surface area contributed by atoms with Crippen molar-refractivity contribution in [1.82, 2.24) is 5.43 Å². The van der Waals surface area contributed by atoms with Gasteiger partial charge in [0.2, 0.25) is 5.91 Å². The molecule has 2 N–H and O–H groups in total. The van der Waals surface area contributed by atoms with Crippen LogP contribution in [0.5, 0.6) is 0 Å². The SMILES string of the molecule is CC(C)=NNC(=O)[C@H]1CCC[C@H]1O. The Balaban J connectivity index is 2.43. The number of aliphatic hydroxyl groups is 1. The molecule has 1 aliphatic rings. The minimum Gasteiger partial charge on any atom is -0.392 e. The van der Waals surface area contributed by atoms with Gasteiger partial charge in [-0.15, -0.1) is 0 Å². The Hall–Kier alpha value is -0.900. The topological polar surface area (TPSA) is 61.7 Å². The maximum atomic E-state index is 11.4. The van der Waals surface area contributed by atoms with E-state index in [4.69, 9.17) is 0 Å². The number of hydrogen-bond donors (Lipinski definition) is 2. The molecule has 0 aromatic rings. The molecule has 0 heterocycles. The molecule has 0 aromatic heterocycles. The van der Waals surface area contributed by atoms with Crippen molar-refractivity contribution in [2.24, 2.45) is 11.0 Å². The van der Waals surface area contributed by atoms with Crippen LogP contribution in [0.25, 0.3) is 0 Å². The highest BCUT2D eigenvalue weighted by Gasteiger charge is 2.31. The first-order chi connectivity index (χ1) is 6.11. The lowest BCUT2D eigenvalue weighted by Crippen LogP contribution is -2.32. The molecule has 1 amide bonds. The minimum atomic E-state index is -0.479. The lowest BCUT2D eigenvalue weighted by Gasteiger charge is -2.11. The van der Waals surface area contributed by atoms with Gasteiger partial charge in [-0.05, 0) is 33.1 Å². The van der Waals surface area contributed by atoms with Gasteiger partial charge in [-0.2, -0.15) is 5.10 Å². The van der Waals surface area contributed by atoms with E-state index in [-0.39, 0.29) is 11.8 Å². The van der Waals surface area contributed by atoms with E-state index in [1.54, 1.807) is 0 Å². The summed E-state index contributed by atoms with van der Waals surface area (Å²) in [5, 5.41) is 13.2. The fourth-order valence-electron chi connectivity index (χ4n) is 1.50. The highest BCUT2D eigenvalue weighted by Crippen LogP contribution is 2.25. The summed E-state index contributed by atoms with van der Waals surface area (Å²) in [5.74, 6) is -0.422. The van der Waals surface area contributed by atoms with E-state index >= 15 is 0 Å². The monoisotopic (exact) mass is 184 g/mol. The van der Waals surface area contributed by atoms with E-state index in [1.807, 2.05) is 13.8 Å². The first-order valence-corrected chi connectivity index (χ1v) is 4.60. The van der Waals surface area contributed by atoms with E-state index in [9.17, 15) is 9.90 Å². The van der Waals surface area contributed by atoms with Gasteiger partial charge < -0.3 is 5.11 Å². The van der Waals surface area contributed by atoms with Crippen molar-refractivity contribution in [1.29, 1.82) is 0 Å². The molecular formula is C9H16N2O2. The quantitative estimate of drug-likeness (QED) is 0.489. The molecule has 0 bridgehead atoms. The fourth-order valence-corrected chi connectivity index (χ4v) is 1.50. The lowest BCUT2D eigenvalue weighted by molar-refractivity contribution is -0.127. The van der Waals surface area contributed by atoms with Gasteiger partial charge in [-0.25, -0.2) is 5.43 Å². The van der Waals surface area contributed by atoms with Gasteiger partial charge in [0.25, 0.3) is 0 Å². The maximum Gasteiger partial charge on any atom is 0.245 e. The Morgan fingerprint density at radius 3 is 2.62 bits per heavy atom. The third-order valence-electron chi connectivity index (χ3n) is 2.21.